The molecule has 0 saturated carbocycles. The Morgan fingerprint density at radius 2 is 0.677 bits per heavy atom. The van der Waals surface area contributed by atoms with Crippen molar-refractivity contribution in [2.45, 2.75) is 416 Å². The molecular formula is C84H151NO8. The SMILES string of the molecule is CC/C=C\C/C=C\C/C=C\C/C=C\C/C=C\CCCCCCCCCCCCCCCCCCCCCCCCCC(=O)NC(COC1OC(CO)C(O)C(O)C1O)C(O)/C=C/CC/C=C/CC/C=C/CCCCCCCCCCCCCCCCCCCCCCC. The van der Waals surface area contributed by atoms with Crippen molar-refractivity contribution < 1.29 is 39.8 Å². The van der Waals surface area contributed by atoms with E-state index in [-0.39, 0.29) is 12.5 Å². The Hall–Kier alpha value is -2.89. The lowest BCUT2D eigenvalue weighted by molar-refractivity contribution is -0.302. The van der Waals surface area contributed by atoms with E-state index >= 15 is 0 Å². The first-order valence-electron chi connectivity index (χ1n) is 40.0. The molecule has 1 heterocycles. The first-order chi connectivity index (χ1) is 45.8. The summed E-state index contributed by atoms with van der Waals surface area (Å²) in [5.41, 5.74) is 0. The van der Waals surface area contributed by atoms with Crippen LogP contribution in [0.1, 0.15) is 373 Å². The number of amides is 1. The van der Waals surface area contributed by atoms with E-state index in [2.05, 4.69) is 104 Å². The summed E-state index contributed by atoms with van der Waals surface area (Å²) in [6.07, 6.45) is 98.5. The van der Waals surface area contributed by atoms with Crippen molar-refractivity contribution >= 4 is 5.91 Å². The van der Waals surface area contributed by atoms with Gasteiger partial charge < -0.3 is 40.3 Å². The van der Waals surface area contributed by atoms with E-state index in [0.717, 1.165) is 77.0 Å². The van der Waals surface area contributed by atoms with Gasteiger partial charge in [-0.3, -0.25) is 4.79 Å². The highest BCUT2D eigenvalue weighted by Gasteiger charge is 2.44. The van der Waals surface area contributed by atoms with Gasteiger partial charge in [0, 0.05) is 6.42 Å². The minimum absolute atomic E-state index is 0.186. The maximum atomic E-state index is 13.2. The predicted molar refractivity (Wildman–Crippen MR) is 401 cm³/mol. The number of nitrogens with one attached hydrogen (secondary N) is 1. The maximum absolute atomic E-state index is 13.2. The molecule has 7 atom stereocenters. The summed E-state index contributed by atoms with van der Waals surface area (Å²) in [6.45, 7) is 3.69. The molecule has 0 aromatic carbocycles. The van der Waals surface area contributed by atoms with Gasteiger partial charge in [-0.15, -0.1) is 0 Å². The van der Waals surface area contributed by atoms with Crippen LogP contribution in [0.2, 0.25) is 0 Å². The van der Waals surface area contributed by atoms with Gasteiger partial charge >= 0.3 is 0 Å². The van der Waals surface area contributed by atoms with Crippen LogP contribution in [0.25, 0.3) is 0 Å². The fourth-order valence-electron chi connectivity index (χ4n) is 12.5. The van der Waals surface area contributed by atoms with Crippen LogP contribution in [-0.4, -0.2) is 87.5 Å². The average molecular weight is 1300 g/mol. The number of carbonyl (C=O) groups excluding carboxylic acids is 1. The summed E-state index contributed by atoms with van der Waals surface area (Å²) >= 11 is 0. The van der Waals surface area contributed by atoms with Gasteiger partial charge in [0.1, 0.15) is 24.4 Å². The summed E-state index contributed by atoms with van der Waals surface area (Å²) in [5, 5.41) is 54.9. The zero-order valence-corrected chi connectivity index (χ0v) is 60.8. The number of rotatable bonds is 70. The first kappa shape index (κ1) is 88.1. The summed E-state index contributed by atoms with van der Waals surface area (Å²) in [5.74, 6) is -0.186. The number of ether oxygens (including phenoxy) is 2. The van der Waals surface area contributed by atoms with Crippen molar-refractivity contribution in [1.29, 1.82) is 0 Å². The second kappa shape index (κ2) is 71.9. The van der Waals surface area contributed by atoms with Gasteiger partial charge in [0.05, 0.1) is 25.4 Å². The van der Waals surface area contributed by atoms with Crippen LogP contribution in [0.15, 0.2) is 97.2 Å². The highest BCUT2D eigenvalue weighted by Crippen LogP contribution is 2.24. The second-order valence-electron chi connectivity index (χ2n) is 27.5. The van der Waals surface area contributed by atoms with Gasteiger partial charge in [-0.05, 0) is 89.9 Å². The summed E-state index contributed by atoms with van der Waals surface area (Å²) < 4.78 is 11.3. The van der Waals surface area contributed by atoms with Crippen LogP contribution in [0, 0.1) is 0 Å². The molecule has 1 rings (SSSR count). The number of unbranched alkanes of at least 4 members (excludes halogenated alkanes) is 46. The van der Waals surface area contributed by atoms with Gasteiger partial charge in [0.15, 0.2) is 6.29 Å². The molecule has 1 fully saturated rings. The summed E-state index contributed by atoms with van der Waals surface area (Å²) in [4.78, 5) is 13.2. The standard InChI is InChI=1S/C84H151NO8/c1-3-5-7-9-11-13-15-17-19-21-23-25-27-29-31-33-35-36-37-38-39-40-41-42-44-46-48-50-52-54-56-58-60-62-64-66-68-70-72-74-80(88)85-77(76-92-84-83(91)82(90)81(89)79(75-86)93-84)78(87)73-71-69-67-65-63-61-59-57-55-53-51-49-47-45-43-34-32-30-28-26-24-22-20-18-16-14-12-10-8-6-4-2/h5,7,11,13,17,19,23,25,29,31,55,57,63,65,71,73,77-79,81-84,86-87,89-91H,3-4,6,8-10,12,14-16,18,20-22,24,26-28,30,32-54,56,58-62,64,66-70,72,74-76H2,1-2H3,(H,85,88)/b7-5-,13-11-,19-17-,25-23-,31-29-,57-55+,65-63+,73-71+. The molecule has 1 aliphatic rings. The average Bonchev–Trinajstić information content (AvgIpc) is 1.02. The fraction of sp³-hybridized carbons (Fsp3) is 0.798. The summed E-state index contributed by atoms with van der Waals surface area (Å²) in [6, 6.07) is -0.833. The molecule has 6 N–H and O–H groups in total. The maximum Gasteiger partial charge on any atom is 0.220 e. The number of hydrogen-bond acceptors (Lipinski definition) is 8. The topological polar surface area (TPSA) is 149 Å². The third-order valence-electron chi connectivity index (χ3n) is 18.6. The molecule has 0 radical (unpaired) electrons. The third-order valence-corrected chi connectivity index (χ3v) is 18.6. The van der Waals surface area contributed by atoms with E-state index in [9.17, 15) is 30.3 Å². The number of aliphatic hydroxyl groups excluding tert-OH is 5. The smallest absolute Gasteiger partial charge is 0.220 e. The lowest BCUT2D eigenvalue weighted by atomic mass is 9.99. The molecule has 1 amide bonds. The van der Waals surface area contributed by atoms with E-state index in [4.69, 9.17) is 9.47 Å². The predicted octanol–water partition coefficient (Wildman–Crippen LogP) is 23.0. The van der Waals surface area contributed by atoms with Gasteiger partial charge in [-0.2, -0.15) is 0 Å². The van der Waals surface area contributed by atoms with Gasteiger partial charge in [0.25, 0.3) is 0 Å². The van der Waals surface area contributed by atoms with Crippen LogP contribution in [0.5, 0.6) is 0 Å². The molecule has 9 heteroatoms. The molecule has 1 saturated heterocycles. The molecule has 7 unspecified atom stereocenters. The van der Waals surface area contributed by atoms with Crippen molar-refractivity contribution in [3.8, 4) is 0 Å². The molecule has 0 aliphatic carbocycles. The van der Waals surface area contributed by atoms with E-state index < -0.39 is 49.5 Å². The number of aliphatic hydroxyl groups is 5. The molecule has 1 aliphatic heterocycles. The van der Waals surface area contributed by atoms with Crippen molar-refractivity contribution in [1.82, 2.24) is 5.32 Å². The van der Waals surface area contributed by atoms with E-state index in [1.165, 1.54) is 276 Å². The number of allylic oxidation sites excluding steroid dienone is 15. The third kappa shape index (κ3) is 60.1. The highest BCUT2D eigenvalue weighted by molar-refractivity contribution is 5.76. The number of carbonyl (C=O) groups is 1. The van der Waals surface area contributed by atoms with Gasteiger partial charge in [-0.1, -0.05) is 374 Å². The Labute approximate surface area is 574 Å². The second-order valence-corrected chi connectivity index (χ2v) is 27.5. The molecule has 93 heavy (non-hydrogen) atoms. The van der Waals surface area contributed by atoms with E-state index in [1.807, 2.05) is 6.08 Å². The van der Waals surface area contributed by atoms with Crippen LogP contribution in [0.3, 0.4) is 0 Å². The molecule has 540 valence electrons. The molecule has 0 bridgehead atoms. The quantitative estimate of drug-likeness (QED) is 0.0261. The normalized spacial score (nSPS) is 18.1. The zero-order chi connectivity index (χ0) is 67.1. The first-order valence-corrected chi connectivity index (χ1v) is 40.0. The molecule has 0 spiro atoms. The van der Waals surface area contributed by atoms with Crippen molar-refractivity contribution in [3.63, 3.8) is 0 Å². The van der Waals surface area contributed by atoms with E-state index in [1.54, 1.807) is 6.08 Å². The lowest BCUT2D eigenvalue weighted by Crippen LogP contribution is -2.60. The van der Waals surface area contributed by atoms with Gasteiger partial charge in [0.2, 0.25) is 5.91 Å². The molecule has 9 nitrogen and oxygen atoms in total. The Bertz CT molecular complexity index is 1800. The Balaban J connectivity index is 2.09. The molecule has 0 aromatic heterocycles. The Kier molecular flexibility index (Phi) is 68.1. The van der Waals surface area contributed by atoms with Crippen LogP contribution < -0.4 is 5.32 Å². The Morgan fingerprint density at radius 3 is 1.03 bits per heavy atom. The Morgan fingerprint density at radius 1 is 0.376 bits per heavy atom. The minimum atomic E-state index is -1.58. The monoisotopic (exact) mass is 1300 g/mol. The van der Waals surface area contributed by atoms with E-state index in [0.29, 0.717) is 6.42 Å². The van der Waals surface area contributed by atoms with Crippen molar-refractivity contribution in [2.75, 3.05) is 13.2 Å². The van der Waals surface area contributed by atoms with Crippen LogP contribution in [0.4, 0.5) is 0 Å². The van der Waals surface area contributed by atoms with Gasteiger partial charge in [-0.25, -0.2) is 0 Å². The van der Waals surface area contributed by atoms with Crippen molar-refractivity contribution in [2.24, 2.45) is 0 Å². The van der Waals surface area contributed by atoms with Crippen molar-refractivity contribution in [3.05, 3.63) is 97.2 Å². The summed E-state index contributed by atoms with van der Waals surface area (Å²) in [7, 11) is 0. The van der Waals surface area contributed by atoms with Crippen LogP contribution in [-0.2, 0) is 14.3 Å². The molecular weight excluding hydrogens is 1150 g/mol. The highest BCUT2D eigenvalue weighted by atomic mass is 16.7. The number of hydrogen-bond donors (Lipinski definition) is 6. The minimum Gasteiger partial charge on any atom is -0.394 e. The largest absolute Gasteiger partial charge is 0.394 e. The lowest BCUT2D eigenvalue weighted by Gasteiger charge is -2.40. The zero-order valence-electron chi connectivity index (χ0n) is 60.8. The fourth-order valence-corrected chi connectivity index (χ4v) is 12.5. The molecule has 0 aromatic rings. The van der Waals surface area contributed by atoms with Crippen LogP contribution >= 0.6 is 0 Å².